The minimum atomic E-state index is 0.537. The van der Waals surface area contributed by atoms with E-state index in [4.69, 9.17) is 9.26 Å². The van der Waals surface area contributed by atoms with Gasteiger partial charge in [-0.15, -0.1) is 0 Å². The lowest BCUT2D eigenvalue weighted by atomic mass is 10.1. The first-order valence-corrected chi connectivity index (χ1v) is 7.30. The molecular formula is C17H23N3O2. The van der Waals surface area contributed by atoms with E-state index >= 15 is 0 Å². The Labute approximate surface area is 131 Å². The number of methoxy groups -OCH3 is 1. The highest BCUT2D eigenvalue weighted by molar-refractivity contribution is 5.63. The number of rotatable bonds is 6. The Bertz CT molecular complexity index is 659. The van der Waals surface area contributed by atoms with E-state index in [-0.39, 0.29) is 0 Å². The van der Waals surface area contributed by atoms with Gasteiger partial charge < -0.3 is 14.2 Å². The largest absolute Gasteiger partial charge is 0.384 e. The van der Waals surface area contributed by atoms with Crippen molar-refractivity contribution in [3.05, 3.63) is 41.3 Å². The molecule has 2 rings (SSSR count). The van der Waals surface area contributed by atoms with Crippen LogP contribution in [-0.4, -0.2) is 42.9 Å². The van der Waals surface area contributed by atoms with E-state index in [0.29, 0.717) is 18.3 Å². The monoisotopic (exact) mass is 301 g/mol. The lowest BCUT2D eigenvalue weighted by molar-refractivity contribution is 0.202. The number of aromatic nitrogens is 2. The highest BCUT2D eigenvalue weighted by atomic mass is 16.5. The summed E-state index contributed by atoms with van der Waals surface area (Å²) in [4.78, 5) is 6.55. The maximum atomic E-state index is 5.48. The van der Waals surface area contributed by atoms with Gasteiger partial charge in [0.25, 0.3) is 5.89 Å². The molecular weight excluding hydrogens is 278 g/mol. The van der Waals surface area contributed by atoms with Crippen molar-refractivity contribution in [2.45, 2.75) is 20.3 Å². The van der Waals surface area contributed by atoms with Crippen molar-refractivity contribution in [3.63, 3.8) is 0 Å². The maximum absolute atomic E-state index is 5.48. The Morgan fingerprint density at radius 1 is 1.32 bits per heavy atom. The van der Waals surface area contributed by atoms with Crippen LogP contribution in [0, 0.1) is 6.92 Å². The first-order chi connectivity index (χ1) is 10.5. The van der Waals surface area contributed by atoms with Gasteiger partial charge in [0.1, 0.15) is 5.70 Å². The molecule has 0 fully saturated rings. The number of hydrogen-bond donors (Lipinski definition) is 0. The second-order valence-corrected chi connectivity index (χ2v) is 5.56. The standard InChI is InChI=1S/C17H23N3O2/c1-12-7-6-8-14(11-12)16-18-17(22-19-16)15(20(3)4)13(2)9-10-21-5/h6-8,11H,9-10H2,1-5H3/b15-13+. The average Bonchev–Trinajstić information content (AvgIpc) is 2.94. The van der Waals surface area contributed by atoms with Gasteiger partial charge in [0.15, 0.2) is 0 Å². The van der Waals surface area contributed by atoms with Crippen LogP contribution in [0.4, 0.5) is 0 Å². The van der Waals surface area contributed by atoms with E-state index in [0.717, 1.165) is 23.3 Å². The zero-order valence-corrected chi connectivity index (χ0v) is 13.9. The molecule has 0 saturated heterocycles. The van der Waals surface area contributed by atoms with E-state index in [1.165, 1.54) is 5.56 Å². The molecule has 1 heterocycles. The molecule has 1 aromatic heterocycles. The third-order valence-corrected chi connectivity index (χ3v) is 3.44. The Morgan fingerprint density at radius 3 is 2.73 bits per heavy atom. The number of hydrogen-bond acceptors (Lipinski definition) is 5. The topological polar surface area (TPSA) is 51.4 Å². The molecule has 0 aliphatic rings. The predicted molar refractivity (Wildman–Crippen MR) is 87.2 cm³/mol. The smallest absolute Gasteiger partial charge is 0.274 e. The molecule has 118 valence electrons. The summed E-state index contributed by atoms with van der Waals surface area (Å²) in [6, 6.07) is 8.07. The third kappa shape index (κ3) is 3.74. The molecule has 0 spiro atoms. The lowest BCUT2D eigenvalue weighted by Gasteiger charge is -2.17. The molecule has 0 atom stereocenters. The molecule has 0 radical (unpaired) electrons. The van der Waals surface area contributed by atoms with Crippen molar-refractivity contribution in [2.75, 3.05) is 27.8 Å². The Balaban J connectivity index is 2.35. The van der Waals surface area contributed by atoms with E-state index in [1.54, 1.807) is 7.11 Å². The van der Waals surface area contributed by atoms with Crippen molar-refractivity contribution in [1.29, 1.82) is 0 Å². The number of aryl methyl sites for hydroxylation is 1. The fourth-order valence-electron chi connectivity index (χ4n) is 2.35. The van der Waals surface area contributed by atoms with E-state index in [9.17, 15) is 0 Å². The summed E-state index contributed by atoms with van der Waals surface area (Å²) in [5, 5.41) is 4.12. The first-order valence-electron chi connectivity index (χ1n) is 7.30. The van der Waals surface area contributed by atoms with Gasteiger partial charge in [0.05, 0.1) is 0 Å². The molecule has 5 nitrogen and oxygen atoms in total. The third-order valence-electron chi connectivity index (χ3n) is 3.44. The molecule has 5 heteroatoms. The molecule has 0 bridgehead atoms. The van der Waals surface area contributed by atoms with Gasteiger partial charge in [-0.1, -0.05) is 28.9 Å². The first kappa shape index (κ1) is 16.2. The van der Waals surface area contributed by atoms with Crippen LogP contribution in [-0.2, 0) is 4.74 Å². The predicted octanol–water partition coefficient (Wildman–Crippen LogP) is 3.37. The van der Waals surface area contributed by atoms with Crippen molar-refractivity contribution in [2.24, 2.45) is 0 Å². The molecule has 0 saturated carbocycles. The van der Waals surface area contributed by atoms with Gasteiger partial charge in [0, 0.05) is 33.4 Å². The Kier molecular flexibility index (Phi) is 5.33. The maximum Gasteiger partial charge on any atom is 0.274 e. The van der Waals surface area contributed by atoms with Crippen LogP contribution in [0.5, 0.6) is 0 Å². The quantitative estimate of drug-likeness (QED) is 0.818. The Morgan fingerprint density at radius 2 is 2.09 bits per heavy atom. The Hall–Kier alpha value is -2.14. The number of nitrogens with zero attached hydrogens (tertiary/aromatic N) is 3. The van der Waals surface area contributed by atoms with Gasteiger partial charge in [0.2, 0.25) is 5.82 Å². The minimum absolute atomic E-state index is 0.537. The van der Waals surface area contributed by atoms with E-state index in [2.05, 4.69) is 17.1 Å². The summed E-state index contributed by atoms with van der Waals surface area (Å²) < 4.78 is 10.6. The summed E-state index contributed by atoms with van der Waals surface area (Å²) in [5.74, 6) is 1.15. The zero-order chi connectivity index (χ0) is 16.1. The van der Waals surface area contributed by atoms with Crippen LogP contribution >= 0.6 is 0 Å². The van der Waals surface area contributed by atoms with Gasteiger partial charge in [-0.2, -0.15) is 4.98 Å². The van der Waals surface area contributed by atoms with Crippen LogP contribution in [0.3, 0.4) is 0 Å². The SMILES string of the molecule is COCC/C(C)=C(\c1nc(-c2cccc(C)c2)no1)N(C)C. The molecule has 0 unspecified atom stereocenters. The van der Waals surface area contributed by atoms with Crippen molar-refractivity contribution in [1.82, 2.24) is 15.0 Å². The van der Waals surface area contributed by atoms with E-state index < -0.39 is 0 Å². The van der Waals surface area contributed by atoms with Crippen LogP contribution < -0.4 is 0 Å². The second-order valence-electron chi connectivity index (χ2n) is 5.56. The molecule has 22 heavy (non-hydrogen) atoms. The zero-order valence-electron chi connectivity index (χ0n) is 13.9. The fraction of sp³-hybridized carbons (Fsp3) is 0.412. The van der Waals surface area contributed by atoms with Crippen molar-refractivity contribution >= 4 is 5.70 Å². The molecule has 2 aromatic rings. The molecule has 0 amide bonds. The summed E-state index contributed by atoms with van der Waals surface area (Å²) >= 11 is 0. The van der Waals surface area contributed by atoms with E-state index in [1.807, 2.05) is 50.2 Å². The highest BCUT2D eigenvalue weighted by Gasteiger charge is 2.17. The summed E-state index contributed by atoms with van der Waals surface area (Å²) in [6.45, 7) is 4.78. The molecule has 0 aliphatic carbocycles. The molecule has 0 aliphatic heterocycles. The summed E-state index contributed by atoms with van der Waals surface area (Å²) in [6.07, 6.45) is 0.826. The second kappa shape index (κ2) is 7.22. The van der Waals surface area contributed by atoms with Crippen LogP contribution in [0.2, 0.25) is 0 Å². The van der Waals surface area contributed by atoms with Gasteiger partial charge >= 0.3 is 0 Å². The average molecular weight is 301 g/mol. The number of benzene rings is 1. The van der Waals surface area contributed by atoms with Gasteiger partial charge in [-0.25, -0.2) is 0 Å². The van der Waals surface area contributed by atoms with Crippen LogP contribution in [0.1, 0.15) is 24.8 Å². The van der Waals surface area contributed by atoms with Crippen LogP contribution in [0.15, 0.2) is 34.4 Å². The van der Waals surface area contributed by atoms with Crippen molar-refractivity contribution < 1.29 is 9.26 Å². The summed E-state index contributed by atoms with van der Waals surface area (Å²) in [5.41, 5.74) is 4.24. The van der Waals surface area contributed by atoms with Gasteiger partial charge in [-0.05, 0) is 31.9 Å². The highest BCUT2D eigenvalue weighted by Crippen LogP contribution is 2.24. The molecule has 1 aromatic carbocycles. The number of ether oxygens (including phenoxy) is 1. The fourth-order valence-corrected chi connectivity index (χ4v) is 2.35. The minimum Gasteiger partial charge on any atom is -0.384 e. The van der Waals surface area contributed by atoms with Crippen LogP contribution in [0.25, 0.3) is 17.1 Å². The van der Waals surface area contributed by atoms with Gasteiger partial charge in [-0.3, -0.25) is 0 Å². The van der Waals surface area contributed by atoms with Crippen molar-refractivity contribution in [3.8, 4) is 11.4 Å². The summed E-state index contributed by atoms with van der Waals surface area (Å²) in [7, 11) is 5.65. The lowest BCUT2D eigenvalue weighted by Crippen LogP contribution is -2.13. The normalized spacial score (nSPS) is 12.2. The molecule has 0 N–H and O–H groups in total.